The number of halogens is 2. The van der Waals surface area contributed by atoms with Crippen molar-refractivity contribution < 1.29 is 23.0 Å². The van der Waals surface area contributed by atoms with E-state index >= 15 is 0 Å². The number of fused-ring (bicyclic) bond motifs is 1. The van der Waals surface area contributed by atoms with Crippen LogP contribution in [0.3, 0.4) is 0 Å². The Kier molecular flexibility index (Phi) is 5.85. The largest absolute Gasteiger partial charge is 0.444 e. The number of ether oxygens (including phenoxy) is 2. The number of amides is 1. The van der Waals surface area contributed by atoms with Gasteiger partial charge in [-0.15, -0.1) is 0 Å². The fourth-order valence-corrected chi connectivity index (χ4v) is 3.69. The Hall–Kier alpha value is -3.07. The number of aromatic nitrogens is 3. The van der Waals surface area contributed by atoms with Crippen LogP contribution in [-0.4, -0.2) is 33.1 Å². The lowest BCUT2D eigenvalue weighted by atomic mass is 10.1. The molecule has 9 heteroatoms. The maximum atomic E-state index is 14.1. The maximum Gasteiger partial charge on any atom is 0.412 e. The molecule has 0 radical (unpaired) electrons. The van der Waals surface area contributed by atoms with Gasteiger partial charge in [0.25, 0.3) is 0 Å². The minimum atomic E-state index is -0.956. The fraction of sp³-hybridized carbons (Fsp3) is 0.435. The summed E-state index contributed by atoms with van der Waals surface area (Å²) in [5.41, 5.74) is 1.73. The van der Waals surface area contributed by atoms with Crippen molar-refractivity contribution in [1.29, 1.82) is 0 Å². The summed E-state index contributed by atoms with van der Waals surface area (Å²) in [4.78, 5) is 16.6. The number of hydrogen-bond donors (Lipinski definition) is 1. The minimum Gasteiger partial charge on any atom is -0.444 e. The molecule has 7 nitrogen and oxygen atoms in total. The van der Waals surface area contributed by atoms with Crippen molar-refractivity contribution >= 4 is 22.7 Å². The lowest BCUT2D eigenvalue weighted by Gasteiger charge is -2.23. The predicted molar refractivity (Wildman–Crippen MR) is 116 cm³/mol. The summed E-state index contributed by atoms with van der Waals surface area (Å²) in [7, 11) is 0. The van der Waals surface area contributed by atoms with Crippen LogP contribution in [0.25, 0.3) is 22.3 Å². The van der Waals surface area contributed by atoms with Gasteiger partial charge >= 0.3 is 6.09 Å². The molecule has 32 heavy (non-hydrogen) atoms. The van der Waals surface area contributed by atoms with E-state index in [1.807, 2.05) is 0 Å². The molecule has 0 aliphatic carbocycles. The molecule has 1 fully saturated rings. The lowest BCUT2D eigenvalue weighted by Crippen LogP contribution is -2.27. The number of nitrogens with zero attached hydrogens (tertiary/aromatic N) is 3. The second kappa shape index (κ2) is 8.46. The molecule has 0 spiro atoms. The Morgan fingerprint density at radius 3 is 2.62 bits per heavy atom. The molecule has 1 unspecified atom stereocenters. The molecule has 0 bridgehead atoms. The standard InChI is InChI=1S/C23H26F2N4O3/c1-13-17(27-22(30)32-23(2,3)4)8-9-18(26-13)21-14-11-15(24)16(25)12-19(14)29(28-21)20-7-5-6-10-31-20/h8-9,11-12,20H,5-7,10H2,1-4H3,(H,27,30). The highest BCUT2D eigenvalue weighted by Crippen LogP contribution is 2.34. The van der Waals surface area contributed by atoms with E-state index < -0.39 is 23.3 Å². The van der Waals surface area contributed by atoms with Crippen molar-refractivity contribution in [2.24, 2.45) is 0 Å². The quantitative estimate of drug-likeness (QED) is 0.558. The Labute approximate surface area is 184 Å². The molecule has 1 aliphatic heterocycles. The van der Waals surface area contributed by atoms with Crippen molar-refractivity contribution in [1.82, 2.24) is 14.8 Å². The van der Waals surface area contributed by atoms with Crippen molar-refractivity contribution in [2.75, 3.05) is 11.9 Å². The third-order valence-corrected chi connectivity index (χ3v) is 5.14. The Morgan fingerprint density at radius 2 is 1.97 bits per heavy atom. The van der Waals surface area contributed by atoms with Gasteiger partial charge in [0.2, 0.25) is 0 Å². The summed E-state index contributed by atoms with van der Waals surface area (Å²) in [6.07, 6.45) is 1.72. The van der Waals surface area contributed by atoms with Crippen LogP contribution in [0.15, 0.2) is 24.3 Å². The second-order valence-electron chi connectivity index (χ2n) is 8.85. The summed E-state index contributed by atoms with van der Waals surface area (Å²) in [5, 5.41) is 7.75. The number of benzene rings is 1. The van der Waals surface area contributed by atoms with Gasteiger partial charge in [-0.05, 0) is 65.2 Å². The van der Waals surface area contributed by atoms with Gasteiger partial charge in [-0.2, -0.15) is 5.10 Å². The number of aryl methyl sites for hydroxylation is 1. The zero-order valence-corrected chi connectivity index (χ0v) is 18.5. The average Bonchev–Trinajstić information content (AvgIpc) is 3.07. The summed E-state index contributed by atoms with van der Waals surface area (Å²) >= 11 is 0. The highest BCUT2D eigenvalue weighted by Gasteiger charge is 2.24. The minimum absolute atomic E-state index is 0.348. The van der Waals surface area contributed by atoms with E-state index in [1.54, 1.807) is 44.5 Å². The molecule has 0 saturated carbocycles. The van der Waals surface area contributed by atoms with E-state index in [4.69, 9.17) is 9.47 Å². The number of rotatable bonds is 3. The molecule has 170 valence electrons. The van der Waals surface area contributed by atoms with Crippen LogP contribution in [0.2, 0.25) is 0 Å². The van der Waals surface area contributed by atoms with Crippen LogP contribution < -0.4 is 5.32 Å². The van der Waals surface area contributed by atoms with E-state index in [9.17, 15) is 13.6 Å². The van der Waals surface area contributed by atoms with Gasteiger partial charge < -0.3 is 9.47 Å². The number of carbonyl (C=O) groups excluding carboxylic acids is 1. The molecule has 1 saturated heterocycles. The molecule has 4 rings (SSSR count). The summed E-state index contributed by atoms with van der Waals surface area (Å²) < 4.78 is 40.8. The maximum absolute atomic E-state index is 14.1. The molecule has 1 amide bonds. The average molecular weight is 444 g/mol. The van der Waals surface area contributed by atoms with Crippen LogP contribution in [0.1, 0.15) is 52.0 Å². The van der Waals surface area contributed by atoms with Crippen LogP contribution in [0.5, 0.6) is 0 Å². The SMILES string of the molecule is Cc1nc(-c2nn(C3CCCCO3)c3cc(F)c(F)cc23)ccc1NC(=O)OC(C)(C)C. The van der Waals surface area contributed by atoms with Gasteiger partial charge in [-0.1, -0.05) is 0 Å². The number of pyridine rings is 1. The Bertz CT molecular complexity index is 1160. The van der Waals surface area contributed by atoms with Gasteiger partial charge in [0.05, 0.1) is 22.6 Å². The molecule has 1 atom stereocenters. The van der Waals surface area contributed by atoms with E-state index in [0.717, 1.165) is 31.4 Å². The Morgan fingerprint density at radius 1 is 1.22 bits per heavy atom. The number of carbonyl (C=O) groups is 1. The molecule has 1 aliphatic rings. The summed E-state index contributed by atoms with van der Waals surface area (Å²) in [6.45, 7) is 7.66. The van der Waals surface area contributed by atoms with E-state index in [0.29, 0.717) is 40.3 Å². The van der Waals surface area contributed by atoms with Crippen LogP contribution in [0.4, 0.5) is 19.3 Å². The Balaban J connectivity index is 1.72. The molecular weight excluding hydrogens is 418 g/mol. The van der Waals surface area contributed by atoms with Crippen molar-refractivity contribution in [2.45, 2.75) is 58.8 Å². The molecule has 3 aromatic rings. The van der Waals surface area contributed by atoms with Crippen molar-refractivity contribution in [3.05, 3.63) is 41.6 Å². The first kappa shape index (κ1) is 22.1. The van der Waals surface area contributed by atoms with Crippen LogP contribution in [-0.2, 0) is 9.47 Å². The first-order chi connectivity index (χ1) is 15.1. The highest BCUT2D eigenvalue weighted by molar-refractivity contribution is 5.93. The lowest BCUT2D eigenvalue weighted by molar-refractivity contribution is -0.0365. The first-order valence-electron chi connectivity index (χ1n) is 10.6. The van der Waals surface area contributed by atoms with Gasteiger partial charge in [0.1, 0.15) is 11.3 Å². The van der Waals surface area contributed by atoms with Gasteiger partial charge in [-0.3, -0.25) is 5.32 Å². The predicted octanol–water partition coefficient (Wildman–Crippen LogP) is 5.73. The van der Waals surface area contributed by atoms with Crippen LogP contribution in [0, 0.1) is 18.6 Å². The smallest absolute Gasteiger partial charge is 0.412 e. The third-order valence-electron chi connectivity index (χ3n) is 5.14. The topological polar surface area (TPSA) is 78.3 Å². The third kappa shape index (κ3) is 4.57. The molecule has 2 aromatic heterocycles. The molecule has 1 aromatic carbocycles. The van der Waals surface area contributed by atoms with Gasteiger partial charge in [0, 0.05) is 18.1 Å². The molecular formula is C23H26F2N4O3. The van der Waals surface area contributed by atoms with Crippen LogP contribution >= 0.6 is 0 Å². The number of nitrogens with one attached hydrogen (secondary N) is 1. The fourth-order valence-electron chi connectivity index (χ4n) is 3.69. The monoisotopic (exact) mass is 444 g/mol. The molecule has 1 N–H and O–H groups in total. The summed E-state index contributed by atoms with van der Waals surface area (Å²) in [6, 6.07) is 5.64. The van der Waals surface area contributed by atoms with E-state index in [2.05, 4.69) is 15.4 Å². The van der Waals surface area contributed by atoms with E-state index in [-0.39, 0.29) is 6.23 Å². The van der Waals surface area contributed by atoms with Crippen molar-refractivity contribution in [3.8, 4) is 11.4 Å². The zero-order valence-electron chi connectivity index (χ0n) is 18.5. The van der Waals surface area contributed by atoms with Crippen molar-refractivity contribution in [3.63, 3.8) is 0 Å². The number of anilines is 1. The zero-order chi connectivity index (χ0) is 23.0. The normalized spacial score (nSPS) is 16.9. The first-order valence-corrected chi connectivity index (χ1v) is 10.6. The van der Waals surface area contributed by atoms with Gasteiger partial charge in [0.15, 0.2) is 17.9 Å². The second-order valence-corrected chi connectivity index (χ2v) is 8.85. The highest BCUT2D eigenvalue weighted by atomic mass is 19.2. The summed E-state index contributed by atoms with van der Waals surface area (Å²) in [5.74, 6) is -1.90. The van der Waals surface area contributed by atoms with E-state index in [1.165, 1.54) is 0 Å². The molecule has 3 heterocycles. The van der Waals surface area contributed by atoms with Gasteiger partial charge in [-0.25, -0.2) is 23.2 Å². The number of hydrogen-bond acceptors (Lipinski definition) is 5.